The zero-order chi connectivity index (χ0) is 17.7. The molecule has 0 heterocycles. The number of ether oxygens (including phenoxy) is 3. The van der Waals surface area contributed by atoms with Crippen LogP contribution in [0.5, 0.6) is 17.2 Å². The minimum atomic E-state index is -0.682. The summed E-state index contributed by atoms with van der Waals surface area (Å²) in [7, 11) is 3.01. The Morgan fingerprint density at radius 3 is 2.29 bits per heavy atom. The van der Waals surface area contributed by atoms with Crippen molar-refractivity contribution in [1.29, 1.82) is 0 Å². The lowest BCUT2D eigenvalue weighted by atomic mass is 10.2. The van der Waals surface area contributed by atoms with Gasteiger partial charge < -0.3 is 19.5 Å². The van der Waals surface area contributed by atoms with Crippen LogP contribution >= 0.6 is 11.6 Å². The van der Waals surface area contributed by atoms with Gasteiger partial charge in [-0.05, 0) is 32.0 Å². The van der Waals surface area contributed by atoms with E-state index in [0.29, 0.717) is 28.0 Å². The first-order chi connectivity index (χ1) is 11.4. The third-order valence-electron chi connectivity index (χ3n) is 3.43. The molecule has 128 valence electrons. The Bertz CT molecular complexity index is 716. The average Bonchev–Trinajstić information content (AvgIpc) is 2.57. The normalized spacial score (nSPS) is 11.5. The molecule has 0 aliphatic carbocycles. The summed E-state index contributed by atoms with van der Waals surface area (Å²) in [6.45, 7) is 3.66. The van der Waals surface area contributed by atoms with Gasteiger partial charge in [-0.2, -0.15) is 0 Å². The number of carbonyl (C=O) groups excluding carboxylic acids is 1. The number of benzene rings is 2. The molecule has 0 saturated heterocycles. The van der Waals surface area contributed by atoms with Crippen molar-refractivity contribution < 1.29 is 19.0 Å². The van der Waals surface area contributed by atoms with Gasteiger partial charge in [-0.1, -0.05) is 29.3 Å². The molecule has 0 aromatic heterocycles. The Morgan fingerprint density at radius 1 is 1.08 bits per heavy atom. The molecule has 0 saturated carbocycles. The Labute approximate surface area is 146 Å². The van der Waals surface area contributed by atoms with Crippen molar-refractivity contribution in [3.05, 3.63) is 47.0 Å². The zero-order valence-electron chi connectivity index (χ0n) is 14.1. The molecule has 2 aromatic rings. The molecule has 0 fully saturated rings. The second-order valence-electron chi connectivity index (χ2n) is 5.25. The number of amides is 1. The highest BCUT2D eigenvalue weighted by molar-refractivity contribution is 6.32. The highest BCUT2D eigenvalue weighted by Crippen LogP contribution is 2.36. The maximum Gasteiger partial charge on any atom is 0.265 e. The van der Waals surface area contributed by atoms with Gasteiger partial charge in [0, 0.05) is 6.07 Å². The fourth-order valence-electron chi connectivity index (χ4n) is 2.07. The first kappa shape index (κ1) is 17.9. The van der Waals surface area contributed by atoms with Gasteiger partial charge in [-0.25, -0.2) is 0 Å². The molecule has 5 nitrogen and oxygen atoms in total. The predicted octanol–water partition coefficient (Wildman–Crippen LogP) is 4.07. The van der Waals surface area contributed by atoms with Gasteiger partial charge in [0.25, 0.3) is 5.91 Å². The average molecular weight is 350 g/mol. The Kier molecular flexibility index (Phi) is 5.93. The van der Waals surface area contributed by atoms with E-state index in [-0.39, 0.29) is 5.91 Å². The van der Waals surface area contributed by atoms with Gasteiger partial charge >= 0.3 is 0 Å². The van der Waals surface area contributed by atoms with Crippen LogP contribution in [-0.4, -0.2) is 26.2 Å². The lowest BCUT2D eigenvalue weighted by Gasteiger charge is -2.17. The number of aryl methyl sites for hydroxylation is 1. The van der Waals surface area contributed by atoms with E-state index in [2.05, 4.69) is 5.32 Å². The second-order valence-corrected chi connectivity index (χ2v) is 5.66. The van der Waals surface area contributed by atoms with Crippen LogP contribution in [-0.2, 0) is 4.79 Å². The zero-order valence-corrected chi connectivity index (χ0v) is 14.8. The van der Waals surface area contributed by atoms with Crippen LogP contribution in [0.25, 0.3) is 0 Å². The maximum atomic E-state index is 12.4. The number of hydrogen-bond acceptors (Lipinski definition) is 4. The molecule has 0 radical (unpaired) electrons. The summed E-state index contributed by atoms with van der Waals surface area (Å²) in [5, 5.41) is 3.13. The van der Waals surface area contributed by atoms with Crippen LogP contribution in [0.2, 0.25) is 5.02 Å². The van der Waals surface area contributed by atoms with Crippen molar-refractivity contribution in [1.82, 2.24) is 0 Å². The Balaban J connectivity index is 2.10. The third-order valence-corrected chi connectivity index (χ3v) is 3.73. The van der Waals surface area contributed by atoms with Gasteiger partial charge in [0.05, 0.1) is 24.9 Å². The molecule has 0 aliphatic heterocycles. The summed E-state index contributed by atoms with van der Waals surface area (Å²) < 4.78 is 16.0. The van der Waals surface area contributed by atoms with Gasteiger partial charge in [0.1, 0.15) is 17.2 Å². The summed E-state index contributed by atoms with van der Waals surface area (Å²) in [5.41, 5.74) is 1.57. The summed E-state index contributed by atoms with van der Waals surface area (Å²) in [5.74, 6) is 1.24. The minimum Gasteiger partial charge on any atom is -0.495 e. The number of anilines is 1. The van der Waals surface area contributed by atoms with Crippen LogP contribution in [0.1, 0.15) is 12.5 Å². The Morgan fingerprint density at radius 2 is 1.71 bits per heavy atom. The molecule has 24 heavy (non-hydrogen) atoms. The van der Waals surface area contributed by atoms with Gasteiger partial charge in [-0.15, -0.1) is 0 Å². The first-order valence-corrected chi connectivity index (χ1v) is 7.78. The van der Waals surface area contributed by atoms with Crippen molar-refractivity contribution in [2.24, 2.45) is 0 Å². The van der Waals surface area contributed by atoms with E-state index in [1.807, 2.05) is 31.2 Å². The summed E-state index contributed by atoms with van der Waals surface area (Å²) in [6.07, 6.45) is -0.682. The van der Waals surface area contributed by atoms with E-state index in [1.54, 1.807) is 19.1 Å². The number of rotatable bonds is 6. The molecule has 1 amide bonds. The van der Waals surface area contributed by atoms with Gasteiger partial charge in [-0.3, -0.25) is 4.79 Å². The van der Waals surface area contributed by atoms with Crippen molar-refractivity contribution in [2.45, 2.75) is 20.0 Å². The number of carbonyl (C=O) groups is 1. The van der Waals surface area contributed by atoms with Crippen LogP contribution in [0.3, 0.4) is 0 Å². The van der Waals surface area contributed by atoms with Crippen LogP contribution in [0, 0.1) is 6.92 Å². The molecule has 1 atom stereocenters. The molecular formula is C18H20ClNO4. The van der Waals surface area contributed by atoms with Crippen molar-refractivity contribution in [2.75, 3.05) is 19.5 Å². The summed E-state index contributed by atoms with van der Waals surface area (Å²) in [6, 6.07) is 10.7. The number of halogens is 1. The standard InChI is InChI=1S/C18H20ClNO4/c1-11-5-7-13(8-6-11)24-12(2)18(21)20-15-9-14(19)16(22-3)10-17(15)23-4/h5-10,12H,1-4H3,(H,20,21)/t12-/m1/s1. The fraction of sp³-hybridized carbons (Fsp3) is 0.278. The second kappa shape index (κ2) is 7.93. The van der Waals surface area contributed by atoms with E-state index in [9.17, 15) is 4.79 Å². The SMILES string of the molecule is COc1cc(OC)c(NC(=O)[C@@H](C)Oc2ccc(C)cc2)cc1Cl. The molecule has 2 aromatic carbocycles. The monoisotopic (exact) mass is 349 g/mol. The topological polar surface area (TPSA) is 56.8 Å². The van der Waals surface area contributed by atoms with E-state index in [4.69, 9.17) is 25.8 Å². The first-order valence-electron chi connectivity index (χ1n) is 7.40. The smallest absolute Gasteiger partial charge is 0.265 e. The minimum absolute atomic E-state index is 0.310. The third kappa shape index (κ3) is 4.32. The summed E-state index contributed by atoms with van der Waals surface area (Å²) in [4.78, 5) is 12.4. The van der Waals surface area contributed by atoms with Crippen molar-refractivity contribution in [3.8, 4) is 17.2 Å². The lowest BCUT2D eigenvalue weighted by molar-refractivity contribution is -0.122. The highest BCUT2D eigenvalue weighted by Gasteiger charge is 2.18. The quantitative estimate of drug-likeness (QED) is 0.854. The van der Waals surface area contributed by atoms with Crippen molar-refractivity contribution >= 4 is 23.2 Å². The van der Waals surface area contributed by atoms with E-state index < -0.39 is 6.10 Å². The molecule has 6 heteroatoms. The van der Waals surface area contributed by atoms with Crippen molar-refractivity contribution in [3.63, 3.8) is 0 Å². The molecular weight excluding hydrogens is 330 g/mol. The number of methoxy groups -OCH3 is 2. The molecule has 0 aliphatic rings. The van der Waals surface area contributed by atoms with E-state index in [1.165, 1.54) is 14.2 Å². The number of hydrogen-bond donors (Lipinski definition) is 1. The van der Waals surface area contributed by atoms with Crippen LogP contribution < -0.4 is 19.5 Å². The molecule has 0 bridgehead atoms. The van der Waals surface area contributed by atoms with Gasteiger partial charge in [0.2, 0.25) is 0 Å². The predicted molar refractivity (Wildman–Crippen MR) is 94.5 cm³/mol. The fourth-order valence-corrected chi connectivity index (χ4v) is 2.31. The molecule has 1 N–H and O–H groups in total. The summed E-state index contributed by atoms with van der Waals surface area (Å²) >= 11 is 6.10. The van der Waals surface area contributed by atoms with Gasteiger partial charge in [0.15, 0.2) is 6.10 Å². The molecule has 0 unspecified atom stereocenters. The largest absolute Gasteiger partial charge is 0.495 e. The Hall–Kier alpha value is -2.40. The highest BCUT2D eigenvalue weighted by atomic mass is 35.5. The van der Waals surface area contributed by atoms with Crippen LogP contribution in [0.15, 0.2) is 36.4 Å². The molecule has 0 spiro atoms. The molecule has 2 rings (SSSR count). The maximum absolute atomic E-state index is 12.4. The van der Waals surface area contributed by atoms with Crippen LogP contribution in [0.4, 0.5) is 5.69 Å². The lowest BCUT2D eigenvalue weighted by Crippen LogP contribution is -2.30. The number of nitrogens with one attached hydrogen (secondary N) is 1. The van der Waals surface area contributed by atoms with E-state index in [0.717, 1.165) is 5.56 Å². The van der Waals surface area contributed by atoms with E-state index >= 15 is 0 Å².